The third-order valence-electron chi connectivity index (χ3n) is 6.14. The van der Waals surface area contributed by atoms with Crippen LogP contribution in [0.25, 0.3) is 5.32 Å². The number of amides is 1. The summed E-state index contributed by atoms with van der Waals surface area (Å²) >= 11 is 0. The van der Waals surface area contributed by atoms with E-state index in [9.17, 15) is 30.8 Å². The largest absolute Gasteiger partial charge is 1.00 e. The van der Waals surface area contributed by atoms with Crippen LogP contribution in [0.3, 0.4) is 0 Å². The number of nitrogens with one attached hydrogen (secondary N) is 1. The van der Waals surface area contributed by atoms with E-state index in [1.54, 1.807) is 0 Å². The number of sulfone groups is 1. The van der Waals surface area contributed by atoms with Crippen molar-refractivity contribution in [3.63, 3.8) is 0 Å². The van der Waals surface area contributed by atoms with Gasteiger partial charge >= 0.3 is 29.6 Å². The fourth-order valence-electron chi connectivity index (χ4n) is 4.33. The molecule has 2 aromatic carbocycles. The fourth-order valence-corrected chi connectivity index (χ4v) is 6.21. The van der Waals surface area contributed by atoms with E-state index in [1.807, 2.05) is 0 Å². The quantitative estimate of drug-likeness (QED) is 0.418. The minimum Gasteiger partial charge on any atom is -0.659 e. The summed E-state index contributed by atoms with van der Waals surface area (Å²) in [6.07, 6.45) is 3.77. The van der Waals surface area contributed by atoms with E-state index < -0.39 is 43.3 Å². The summed E-state index contributed by atoms with van der Waals surface area (Å²) in [5.41, 5.74) is 0.0357. The van der Waals surface area contributed by atoms with E-state index in [0.29, 0.717) is 18.2 Å². The topological polar surface area (TPSA) is 132 Å². The van der Waals surface area contributed by atoms with Crippen molar-refractivity contribution in [3.8, 4) is 0 Å². The van der Waals surface area contributed by atoms with Crippen molar-refractivity contribution in [2.75, 3.05) is 22.4 Å². The normalized spacial score (nSPS) is 20.4. The van der Waals surface area contributed by atoms with Gasteiger partial charge in [0.25, 0.3) is 0 Å². The van der Waals surface area contributed by atoms with Gasteiger partial charge in [0, 0.05) is 23.2 Å². The Morgan fingerprint density at radius 2 is 1.86 bits per heavy atom. The number of rotatable bonds is 6. The van der Waals surface area contributed by atoms with Crippen LogP contribution in [0, 0.1) is 17.7 Å². The number of nitrogens with zero attached hydrogens (tertiary/aromatic N) is 2. The summed E-state index contributed by atoms with van der Waals surface area (Å²) in [6.45, 7) is 0.322. The first-order valence-corrected chi connectivity index (χ1v) is 14.3. The summed E-state index contributed by atoms with van der Waals surface area (Å²) < 4.78 is 65.4. The standard InChI is InChI=1S/C23H21FN3O6S2.Na/c1-34(30,31)26-15-5-6-17-20(11-15)35(32,33)12-18(25-17)21-22(28)16-10-14(24)4-7-19(16)27(23(21)29)9-8-13-2-3-13;/h4-7,10-13,21,26H,2-3,8-9H2,1H3;/q-1;+1. The van der Waals surface area contributed by atoms with Crippen LogP contribution in [0.2, 0.25) is 0 Å². The van der Waals surface area contributed by atoms with Crippen molar-refractivity contribution in [1.29, 1.82) is 0 Å². The first kappa shape index (κ1) is 26.8. The number of sulfonamides is 1. The molecule has 2 aliphatic heterocycles. The number of carbonyl (C=O) groups is 2. The number of Topliss-reactive ketones (excluding diaryl/α,β-unsaturated/α-hetero) is 1. The van der Waals surface area contributed by atoms with Crippen LogP contribution < -0.4 is 39.2 Å². The number of hydrogen-bond donors (Lipinski definition) is 1. The molecule has 1 unspecified atom stereocenters. The van der Waals surface area contributed by atoms with Crippen LogP contribution in [0.5, 0.6) is 0 Å². The molecule has 3 aliphatic rings. The maximum atomic E-state index is 14.0. The third kappa shape index (κ3) is 5.23. The fraction of sp³-hybridized carbons (Fsp3) is 0.304. The minimum atomic E-state index is -4.17. The van der Waals surface area contributed by atoms with E-state index in [0.717, 1.165) is 43.1 Å². The molecule has 1 saturated carbocycles. The first-order chi connectivity index (χ1) is 16.4. The smallest absolute Gasteiger partial charge is 0.659 e. The number of fused-ring (bicyclic) bond motifs is 2. The molecule has 36 heavy (non-hydrogen) atoms. The Kier molecular flexibility index (Phi) is 7.12. The summed E-state index contributed by atoms with van der Waals surface area (Å²) in [5, 5.41) is 5.04. The maximum absolute atomic E-state index is 14.0. The van der Waals surface area contributed by atoms with Gasteiger partial charge < -0.3 is 10.2 Å². The van der Waals surface area contributed by atoms with Gasteiger partial charge in [0.05, 0.1) is 16.8 Å². The number of benzene rings is 2. The molecule has 5 rings (SSSR count). The molecule has 0 aromatic heterocycles. The second kappa shape index (κ2) is 9.56. The molecule has 2 heterocycles. The van der Waals surface area contributed by atoms with Crippen LogP contribution in [-0.2, 0) is 24.7 Å². The summed E-state index contributed by atoms with van der Waals surface area (Å²) in [7, 11) is -7.82. The number of halogens is 1. The van der Waals surface area contributed by atoms with Gasteiger partial charge in [0.1, 0.15) is 11.7 Å². The van der Waals surface area contributed by atoms with Gasteiger partial charge in [0.2, 0.25) is 15.9 Å². The Labute approximate surface area is 230 Å². The molecule has 0 radical (unpaired) electrons. The monoisotopic (exact) mass is 541 g/mol. The molecule has 2 aromatic rings. The molecule has 1 aliphatic carbocycles. The predicted octanol–water partition coefficient (Wildman–Crippen LogP) is 0.481. The van der Waals surface area contributed by atoms with Crippen molar-refractivity contribution >= 4 is 48.6 Å². The molecular formula is C23H21FN3NaO6S2. The van der Waals surface area contributed by atoms with Gasteiger partial charge in [-0.05, 0) is 42.7 Å². The molecule has 0 saturated heterocycles. The van der Waals surface area contributed by atoms with E-state index in [4.69, 9.17) is 0 Å². The van der Waals surface area contributed by atoms with Gasteiger partial charge in [-0.25, -0.2) is 21.2 Å². The van der Waals surface area contributed by atoms with E-state index in [2.05, 4.69) is 10.0 Å². The molecule has 1 amide bonds. The minimum absolute atomic E-state index is 0. The zero-order valence-electron chi connectivity index (χ0n) is 19.6. The van der Waals surface area contributed by atoms with Crippen molar-refractivity contribution < 1.29 is 60.4 Å². The Morgan fingerprint density at radius 1 is 1.14 bits per heavy atom. The van der Waals surface area contributed by atoms with E-state index in [-0.39, 0.29) is 57.1 Å². The molecule has 13 heteroatoms. The van der Waals surface area contributed by atoms with Gasteiger partial charge in [-0.2, -0.15) is 0 Å². The Balaban J connectivity index is 0.00000304. The zero-order chi connectivity index (χ0) is 25.1. The van der Waals surface area contributed by atoms with Crippen molar-refractivity contribution in [3.05, 3.63) is 64.2 Å². The molecule has 1 atom stereocenters. The molecular weight excluding hydrogens is 520 g/mol. The molecule has 9 nitrogen and oxygen atoms in total. The van der Waals surface area contributed by atoms with Crippen molar-refractivity contribution in [1.82, 2.24) is 0 Å². The SMILES string of the molecule is CS(=O)(=O)Nc1ccc2c(c1)S(=O)(=O)C=C(C1C(=O)c3cc(F)ccc3N(CCC3CC3)C1=O)[N-]2.[Na+]. The van der Waals surface area contributed by atoms with Crippen LogP contribution in [0.15, 0.2) is 52.4 Å². The number of hydrogen-bond acceptors (Lipinski definition) is 6. The van der Waals surface area contributed by atoms with Gasteiger partial charge in [-0.15, -0.1) is 11.4 Å². The third-order valence-corrected chi connectivity index (χ3v) is 8.24. The van der Waals surface area contributed by atoms with Gasteiger partial charge in [0.15, 0.2) is 15.6 Å². The Morgan fingerprint density at radius 3 is 2.53 bits per heavy atom. The number of ketones is 1. The van der Waals surface area contributed by atoms with Gasteiger partial charge in [-0.3, -0.25) is 14.3 Å². The molecule has 0 spiro atoms. The molecule has 0 bridgehead atoms. The predicted molar refractivity (Wildman–Crippen MR) is 127 cm³/mol. The van der Waals surface area contributed by atoms with Crippen LogP contribution >= 0.6 is 0 Å². The molecule has 1 fully saturated rings. The van der Waals surface area contributed by atoms with Crippen LogP contribution in [0.1, 0.15) is 29.6 Å². The van der Waals surface area contributed by atoms with E-state index >= 15 is 0 Å². The summed E-state index contributed by atoms with van der Waals surface area (Å²) in [6, 6.07) is 7.37. The zero-order valence-corrected chi connectivity index (χ0v) is 23.2. The van der Waals surface area contributed by atoms with Crippen LogP contribution in [0.4, 0.5) is 21.5 Å². The average molecular weight is 542 g/mol. The number of carbonyl (C=O) groups excluding carboxylic acids is 2. The average Bonchev–Trinajstić information content (AvgIpc) is 3.57. The first-order valence-electron chi connectivity index (χ1n) is 10.9. The van der Waals surface area contributed by atoms with Crippen molar-refractivity contribution in [2.45, 2.75) is 24.2 Å². The van der Waals surface area contributed by atoms with Crippen molar-refractivity contribution in [2.24, 2.45) is 11.8 Å². The molecule has 184 valence electrons. The van der Waals surface area contributed by atoms with E-state index in [1.165, 1.54) is 29.2 Å². The summed E-state index contributed by atoms with van der Waals surface area (Å²) in [4.78, 5) is 28.0. The Bertz CT molecular complexity index is 1520. The van der Waals surface area contributed by atoms with Crippen LogP contribution in [-0.4, -0.2) is 41.3 Å². The molecule has 1 N–H and O–H groups in total. The number of anilines is 2. The second-order valence-electron chi connectivity index (χ2n) is 8.94. The van der Waals surface area contributed by atoms with Gasteiger partial charge in [-0.1, -0.05) is 18.9 Å². The second-order valence-corrected chi connectivity index (χ2v) is 12.5. The summed E-state index contributed by atoms with van der Waals surface area (Å²) in [5.74, 6) is -3.04. The maximum Gasteiger partial charge on any atom is 1.00 e. The Hall–Kier alpha value is -2.25.